The highest BCUT2D eigenvalue weighted by atomic mass is 19.3. The van der Waals surface area contributed by atoms with E-state index in [2.05, 4.69) is 20.2 Å². The molecular formula is C21H21F3N4O3. The molecule has 4 aromatic rings. The van der Waals surface area contributed by atoms with E-state index in [-0.39, 0.29) is 12.4 Å². The van der Waals surface area contributed by atoms with Crippen molar-refractivity contribution in [2.45, 2.75) is 26.6 Å². The largest absolute Gasteiger partial charge is 0.468 e. The number of aromatic nitrogens is 4. The molecule has 31 heavy (non-hydrogen) atoms. The molecule has 0 unspecified atom stereocenters. The molecule has 0 radical (unpaired) electrons. The zero-order chi connectivity index (χ0) is 22.6. The second-order valence-electron chi connectivity index (χ2n) is 6.76. The van der Waals surface area contributed by atoms with Gasteiger partial charge >= 0.3 is 6.11 Å². The summed E-state index contributed by atoms with van der Waals surface area (Å²) in [6.45, 7) is 2.74. The molecule has 0 atom stereocenters. The third kappa shape index (κ3) is 5.33. The zero-order valence-corrected chi connectivity index (χ0v) is 17.4. The molecule has 0 saturated carbocycles. The first-order valence-electron chi connectivity index (χ1n) is 9.21. The average molecular weight is 434 g/mol. The fourth-order valence-electron chi connectivity index (χ4n) is 3.02. The summed E-state index contributed by atoms with van der Waals surface area (Å²) in [4.78, 5) is 0. The standard InChI is InChI=1S/C20H18F2N4O3.CH3F/c1-12-8-15(28-20(2,21)22)5-6-16(12)13-4-7-18-17(9-13)19(24-29-18)27-11-14-10-26(3)25-23-14;1-2/h4-10H,11H2,1-3H3;1H3. The van der Waals surface area contributed by atoms with Crippen molar-refractivity contribution >= 4 is 11.0 Å². The SMILES string of the molecule is CF.Cc1cc(OC(C)(F)F)ccc1-c1ccc2onc(OCc3cn(C)nn3)c2c1. The van der Waals surface area contributed by atoms with E-state index in [0.717, 1.165) is 16.7 Å². The van der Waals surface area contributed by atoms with Crippen LogP contribution < -0.4 is 9.47 Å². The number of alkyl halides is 3. The third-order valence-corrected chi connectivity index (χ3v) is 4.25. The maximum absolute atomic E-state index is 13.1. The Morgan fingerprint density at radius 2 is 1.90 bits per heavy atom. The lowest BCUT2D eigenvalue weighted by Gasteiger charge is -2.15. The Bertz CT molecular complexity index is 1170. The van der Waals surface area contributed by atoms with Gasteiger partial charge in [-0.25, -0.2) is 0 Å². The van der Waals surface area contributed by atoms with Crippen molar-refractivity contribution in [2.75, 3.05) is 7.18 Å². The van der Waals surface area contributed by atoms with Crippen LogP contribution in [0.1, 0.15) is 18.2 Å². The lowest BCUT2D eigenvalue weighted by molar-refractivity contribution is -0.158. The Labute approximate surface area is 176 Å². The van der Waals surface area contributed by atoms with Crippen molar-refractivity contribution < 1.29 is 27.2 Å². The van der Waals surface area contributed by atoms with E-state index in [1.807, 2.05) is 19.1 Å². The molecule has 0 spiro atoms. The molecule has 7 nitrogen and oxygen atoms in total. The van der Waals surface area contributed by atoms with Crippen LogP contribution in [0.15, 0.2) is 47.1 Å². The van der Waals surface area contributed by atoms with Gasteiger partial charge < -0.3 is 14.0 Å². The smallest absolute Gasteiger partial charge is 0.394 e. The number of ether oxygens (including phenoxy) is 2. The molecule has 2 aromatic carbocycles. The number of hydrogen-bond acceptors (Lipinski definition) is 6. The lowest BCUT2D eigenvalue weighted by Crippen LogP contribution is -2.19. The van der Waals surface area contributed by atoms with E-state index < -0.39 is 6.11 Å². The second kappa shape index (κ2) is 9.07. The van der Waals surface area contributed by atoms with Crippen LogP contribution in [0.3, 0.4) is 0 Å². The van der Waals surface area contributed by atoms with Crippen molar-refractivity contribution in [3.05, 3.63) is 53.9 Å². The molecule has 0 aliphatic carbocycles. The molecule has 4 rings (SSSR count). The van der Waals surface area contributed by atoms with Gasteiger partial charge in [0.15, 0.2) is 5.58 Å². The van der Waals surface area contributed by atoms with Crippen LogP contribution in [-0.4, -0.2) is 33.4 Å². The summed E-state index contributed by atoms with van der Waals surface area (Å²) in [5, 5.41) is 12.5. The quantitative estimate of drug-likeness (QED) is 0.421. The van der Waals surface area contributed by atoms with Crippen molar-refractivity contribution in [3.63, 3.8) is 0 Å². The topological polar surface area (TPSA) is 75.2 Å². The van der Waals surface area contributed by atoms with Crippen LogP contribution in [0, 0.1) is 6.92 Å². The van der Waals surface area contributed by atoms with E-state index in [1.165, 1.54) is 6.07 Å². The Morgan fingerprint density at radius 1 is 1.13 bits per heavy atom. The number of aryl methyl sites for hydroxylation is 2. The number of rotatable bonds is 6. The highest BCUT2D eigenvalue weighted by Crippen LogP contribution is 2.33. The first kappa shape index (κ1) is 22.1. The number of benzene rings is 2. The minimum Gasteiger partial charge on any atom is -0.468 e. The normalized spacial score (nSPS) is 11.2. The molecule has 164 valence electrons. The van der Waals surface area contributed by atoms with Crippen molar-refractivity contribution in [3.8, 4) is 22.8 Å². The highest BCUT2D eigenvalue weighted by molar-refractivity contribution is 5.87. The van der Waals surface area contributed by atoms with Crippen LogP contribution in [0.5, 0.6) is 11.6 Å². The Kier molecular flexibility index (Phi) is 6.47. The summed E-state index contributed by atoms with van der Waals surface area (Å²) in [6, 6.07) is 10.4. The van der Waals surface area contributed by atoms with E-state index >= 15 is 0 Å². The van der Waals surface area contributed by atoms with Crippen LogP contribution in [0.4, 0.5) is 13.2 Å². The maximum atomic E-state index is 13.1. The van der Waals surface area contributed by atoms with Gasteiger partial charge in [0.25, 0.3) is 5.88 Å². The van der Waals surface area contributed by atoms with Gasteiger partial charge in [-0.05, 0) is 53.0 Å². The molecule has 2 heterocycles. The fraction of sp³-hybridized carbons (Fsp3) is 0.286. The monoisotopic (exact) mass is 434 g/mol. The third-order valence-electron chi connectivity index (χ3n) is 4.25. The average Bonchev–Trinajstić information content (AvgIpc) is 3.32. The summed E-state index contributed by atoms with van der Waals surface area (Å²) in [7, 11) is 2.27. The number of hydrogen-bond donors (Lipinski definition) is 0. The molecule has 0 saturated heterocycles. The second-order valence-corrected chi connectivity index (χ2v) is 6.76. The Hall–Kier alpha value is -3.56. The van der Waals surface area contributed by atoms with Gasteiger partial charge in [-0.1, -0.05) is 17.3 Å². The predicted molar refractivity (Wildman–Crippen MR) is 108 cm³/mol. The van der Waals surface area contributed by atoms with Gasteiger partial charge in [-0.15, -0.1) is 5.10 Å². The molecule has 0 bridgehead atoms. The molecule has 0 amide bonds. The molecule has 0 N–H and O–H groups in total. The van der Waals surface area contributed by atoms with Crippen LogP contribution in [-0.2, 0) is 13.7 Å². The minimum absolute atomic E-state index is 0.109. The van der Waals surface area contributed by atoms with Crippen molar-refractivity contribution in [1.82, 2.24) is 20.2 Å². The van der Waals surface area contributed by atoms with Crippen LogP contribution in [0.25, 0.3) is 22.1 Å². The molecular weight excluding hydrogens is 413 g/mol. The van der Waals surface area contributed by atoms with Gasteiger partial charge in [0.1, 0.15) is 18.1 Å². The number of fused-ring (bicyclic) bond motifs is 1. The number of halogens is 3. The zero-order valence-electron chi connectivity index (χ0n) is 17.4. The summed E-state index contributed by atoms with van der Waals surface area (Å²) in [5.41, 5.74) is 3.78. The van der Waals surface area contributed by atoms with Gasteiger partial charge in [-0.3, -0.25) is 9.07 Å². The minimum atomic E-state index is -3.23. The Morgan fingerprint density at radius 3 is 2.55 bits per heavy atom. The van der Waals surface area contributed by atoms with E-state index in [9.17, 15) is 13.2 Å². The number of nitrogens with zero attached hydrogens (tertiary/aromatic N) is 4. The molecule has 0 aliphatic rings. The molecule has 2 aromatic heterocycles. The van der Waals surface area contributed by atoms with Crippen LogP contribution >= 0.6 is 0 Å². The fourth-order valence-corrected chi connectivity index (χ4v) is 3.02. The van der Waals surface area contributed by atoms with E-state index in [4.69, 9.17) is 9.26 Å². The molecule has 10 heteroatoms. The first-order chi connectivity index (χ1) is 14.8. The molecule has 0 aliphatic heterocycles. The van der Waals surface area contributed by atoms with Crippen molar-refractivity contribution in [2.24, 2.45) is 7.05 Å². The Balaban J connectivity index is 0.00000132. The predicted octanol–water partition coefficient (Wildman–Crippen LogP) is 5.09. The summed E-state index contributed by atoms with van der Waals surface area (Å²) >= 11 is 0. The first-order valence-corrected chi connectivity index (χ1v) is 9.21. The van der Waals surface area contributed by atoms with Gasteiger partial charge in [-0.2, -0.15) is 8.78 Å². The van der Waals surface area contributed by atoms with Gasteiger partial charge in [0, 0.05) is 14.0 Å². The van der Waals surface area contributed by atoms with Crippen molar-refractivity contribution in [1.29, 1.82) is 0 Å². The lowest BCUT2D eigenvalue weighted by atomic mass is 9.99. The van der Waals surface area contributed by atoms with Gasteiger partial charge in [0.2, 0.25) is 0 Å². The summed E-state index contributed by atoms with van der Waals surface area (Å²) < 4.78 is 52.9. The highest BCUT2D eigenvalue weighted by Gasteiger charge is 2.23. The maximum Gasteiger partial charge on any atom is 0.394 e. The van der Waals surface area contributed by atoms with E-state index in [0.29, 0.717) is 36.6 Å². The summed E-state index contributed by atoms with van der Waals surface area (Å²) in [5.74, 6) is 0.452. The summed E-state index contributed by atoms with van der Waals surface area (Å²) in [6.07, 6.45) is -1.48. The van der Waals surface area contributed by atoms with Gasteiger partial charge in [0.05, 0.1) is 18.8 Å². The van der Waals surface area contributed by atoms with E-state index in [1.54, 1.807) is 36.1 Å². The van der Waals surface area contributed by atoms with Crippen LogP contribution in [0.2, 0.25) is 0 Å². The molecule has 0 fully saturated rings.